The van der Waals surface area contributed by atoms with Crippen molar-refractivity contribution in [3.63, 3.8) is 0 Å². The van der Waals surface area contributed by atoms with Gasteiger partial charge in [-0.2, -0.15) is 0 Å². The van der Waals surface area contributed by atoms with Crippen LogP contribution >= 0.6 is 0 Å². The fraction of sp³-hybridized carbons (Fsp3) is 0.0952. The summed E-state index contributed by atoms with van der Waals surface area (Å²) >= 11 is 0. The Bertz CT molecular complexity index is 1110. The van der Waals surface area contributed by atoms with Crippen molar-refractivity contribution in [3.05, 3.63) is 78.7 Å². The summed E-state index contributed by atoms with van der Waals surface area (Å²) in [7, 11) is 0. The summed E-state index contributed by atoms with van der Waals surface area (Å²) in [5.74, 6) is 0.196. The first-order valence-corrected chi connectivity index (χ1v) is 8.53. The highest BCUT2D eigenvalue weighted by Crippen LogP contribution is 2.23. The number of carbonyl (C=O) groups excluding carboxylic acids is 1. The average Bonchev–Trinajstić information content (AvgIpc) is 3.15. The topological polar surface area (TPSA) is 68.0 Å². The van der Waals surface area contributed by atoms with E-state index in [-0.39, 0.29) is 18.1 Å². The average molecular weight is 361 g/mol. The van der Waals surface area contributed by atoms with E-state index in [0.29, 0.717) is 29.3 Å². The molecule has 0 aliphatic rings. The smallest absolute Gasteiger partial charge is 0.224 e. The van der Waals surface area contributed by atoms with Crippen LogP contribution in [0.1, 0.15) is 12.3 Å². The van der Waals surface area contributed by atoms with Gasteiger partial charge in [0.15, 0.2) is 11.7 Å². The van der Waals surface area contributed by atoms with Gasteiger partial charge < -0.3 is 9.73 Å². The molecule has 0 aliphatic carbocycles. The Morgan fingerprint density at radius 2 is 1.85 bits per heavy atom. The third-order valence-corrected chi connectivity index (χ3v) is 4.13. The van der Waals surface area contributed by atoms with E-state index in [1.165, 1.54) is 12.3 Å². The number of oxazole rings is 1. The standard InChI is InChI=1S/C21H16FN3O2/c22-17-7-3-2-6-16(17)19-13-24-21(27-19)10-9-20(26)25-15-11-14-5-1-4-8-18(14)23-12-15/h1-8,11-13H,9-10H2,(H,25,26). The maximum atomic E-state index is 13.8. The molecule has 0 spiro atoms. The van der Waals surface area contributed by atoms with Crippen molar-refractivity contribution >= 4 is 22.5 Å². The highest BCUT2D eigenvalue weighted by molar-refractivity contribution is 5.93. The van der Waals surface area contributed by atoms with Crippen molar-refractivity contribution < 1.29 is 13.6 Å². The van der Waals surface area contributed by atoms with Crippen molar-refractivity contribution in [1.82, 2.24) is 9.97 Å². The number of hydrogen-bond acceptors (Lipinski definition) is 4. The predicted octanol–water partition coefficient (Wildman–Crippen LogP) is 4.60. The van der Waals surface area contributed by atoms with Crippen molar-refractivity contribution in [2.45, 2.75) is 12.8 Å². The van der Waals surface area contributed by atoms with Gasteiger partial charge in [0.25, 0.3) is 0 Å². The van der Waals surface area contributed by atoms with E-state index in [1.807, 2.05) is 30.3 Å². The van der Waals surface area contributed by atoms with Gasteiger partial charge in [-0.1, -0.05) is 30.3 Å². The van der Waals surface area contributed by atoms with Gasteiger partial charge >= 0.3 is 0 Å². The monoisotopic (exact) mass is 361 g/mol. The van der Waals surface area contributed by atoms with Gasteiger partial charge in [-0.05, 0) is 24.3 Å². The van der Waals surface area contributed by atoms with Crippen molar-refractivity contribution in [3.8, 4) is 11.3 Å². The summed E-state index contributed by atoms with van der Waals surface area (Å²) in [4.78, 5) is 20.6. The maximum Gasteiger partial charge on any atom is 0.224 e. The zero-order chi connectivity index (χ0) is 18.6. The van der Waals surface area contributed by atoms with Gasteiger partial charge in [0, 0.05) is 18.2 Å². The number of fused-ring (bicyclic) bond motifs is 1. The number of benzene rings is 2. The molecule has 6 heteroatoms. The third kappa shape index (κ3) is 3.84. The van der Waals surface area contributed by atoms with Crippen LogP contribution in [0.2, 0.25) is 0 Å². The highest BCUT2D eigenvalue weighted by atomic mass is 19.1. The molecule has 0 radical (unpaired) electrons. The van der Waals surface area contributed by atoms with Crippen molar-refractivity contribution in [1.29, 1.82) is 0 Å². The third-order valence-electron chi connectivity index (χ3n) is 4.13. The number of aromatic nitrogens is 2. The van der Waals surface area contributed by atoms with E-state index in [1.54, 1.807) is 24.4 Å². The number of nitrogens with one attached hydrogen (secondary N) is 1. The molecule has 2 aromatic heterocycles. The summed E-state index contributed by atoms with van der Waals surface area (Å²) in [6, 6.07) is 15.9. The summed E-state index contributed by atoms with van der Waals surface area (Å²) in [5, 5.41) is 3.78. The molecule has 0 unspecified atom stereocenters. The Labute approximate surface area is 154 Å². The molecule has 2 aromatic carbocycles. The molecule has 1 N–H and O–H groups in total. The zero-order valence-corrected chi connectivity index (χ0v) is 14.4. The molecule has 0 saturated heterocycles. The fourth-order valence-electron chi connectivity index (χ4n) is 2.79. The highest BCUT2D eigenvalue weighted by Gasteiger charge is 2.12. The van der Waals surface area contributed by atoms with Crippen molar-refractivity contribution in [2.75, 3.05) is 5.32 Å². The van der Waals surface area contributed by atoms with E-state index in [9.17, 15) is 9.18 Å². The lowest BCUT2D eigenvalue weighted by molar-refractivity contribution is -0.116. The fourth-order valence-corrected chi connectivity index (χ4v) is 2.79. The molecule has 0 fully saturated rings. The Morgan fingerprint density at radius 3 is 2.74 bits per heavy atom. The van der Waals surface area contributed by atoms with E-state index >= 15 is 0 Å². The lowest BCUT2D eigenvalue weighted by Crippen LogP contribution is -2.12. The number of carbonyl (C=O) groups is 1. The number of hydrogen-bond donors (Lipinski definition) is 1. The first-order valence-electron chi connectivity index (χ1n) is 8.53. The van der Waals surface area contributed by atoms with E-state index in [4.69, 9.17) is 4.42 Å². The van der Waals surface area contributed by atoms with Crippen LogP contribution in [0.4, 0.5) is 10.1 Å². The van der Waals surface area contributed by atoms with E-state index in [0.717, 1.165) is 10.9 Å². The quantitative estimate of drug-likeness (QED) is 0.564. The van der Waals surface area contributed by atoms with Gasteiger partial charge in [-0.15, -0.1) is 0 Å². The van der Waals surface area contributed by atoms with E-state index < -0.39 is 0 Å². The molecular weight excluding hydrogens is 345 g/mol. The van der Waals surface area contributed by atoms with Crippen LogP contribution in [-0.4, -0.2) is 15.9 Å². The number of anilines is 1. The normalized spacial score (nSPS) is 10.9. The molecule has 0 bridgehead atoms. The summed E-state index contributed by atoms with van der Waals surface area (Å²) in [5.41, 5.74) is 1.86. The van der Waals surface area contributed by atoms with Gasteiger partial charge in [0.05, 0.1) is 29.2 Å². The first kappa shape index (κ1) is 16.9. The minimum atomic E-state index is -0.373. The molecular formula is C21H16FN3O2. The zero-order valence-electron chi connectivity index (χ0n) is 14.4. The number of rotatable bonds is 5. The minimum absolute atomic E-state index is 0.169. The minimum Gasteiger partial charge on any atom is -0.441 e. The van der Waals surface area contributed by atoms with Crippen LogP contribution in [0.15, 0.2) is 71.4 Å². The number of amides is 1. The van der Waals surface area contributed by atoms with Gasteiger partial charge in [0.2, 0.25) is 5.91 Å². The molecule has 4 aromatic rings. The molecule has 1 amide bonds. The SMILES string of the molecule is O=C(CCc1ncc(-c2ccccc2F)o1)Nc1cnc2ccccc2c1. The lowest BCUT2D eigenvalue weighted by Gasteiger charge is -2.05. The second-order valence-corrected chi connectivity index (χ2v) is 6.06. The van der Waals surface area contributed by atoms with Crippen LogP contribution in [0.25, 0.3) is 22.2 Å². The van der Waals surface area contributed by atoms with Gasteiger partial charge in [-0.3, -0.25) is 9.78 Å². The largest absolute Gasteiger partial charge is 0.441 e. The number of pyridine rings is 1. The summed E-state index contributed by atoms with van der Waals surface area (Å²) in [6.45, 7) is 0. The molecule has 0 saturated carbocycles. The van der Waals surface area contributed by atoms with Crippen molar-refractivity contribution in [2.24, 2.45) is 0 Å². The Kier molecular flexibility index (Phi) is 4.61. The Hall–Kier alpha value is -3.54. The van der Waals surface area contributed by atoms with Gasteiger partial charge in [0.1, 0.15) is 5.82 Å². The predicted molar refractivity (Wildman–Crippen MR) is 101 cm³/mol. The molecule has 134 valence electrons. The number of aryl methyl sites for hydroxylation is 1. The molecule has 5 nitrogen and oxygen atoms in total. The number of nitrogens with zero attached hydrogens (tertiary/aromatic N) is 2. The molecule has 4 rings (SSSR count). The number of halogens is 1. The molecule has 2 heterocycles. The lowest BCUT2D eigenvalue weighted by atomic mass is 10.2. The van der Waals surface area contributed by atoms with Crippen LogP contribution < -0.4 is 5.32 Å². The second kappa shape index (κ2) is 7.37. The summed E-state index contributed by atoms with van der Waals surface area (Å²) < 4.78 is 19.4. The van der Waals surface area contributed by atoms with Crippen LogP contribution in [0.5, 0.6) is 0 Å². The van der Waals surface area contributed by atoms with Gasteiger partial charge in [-0.25, -0.2) is 9.37 Å². The Morgan fingerprint density at radius 1 is 1.04 bits per heavy atom. The van der Waals surface area contributed by atoms with Crippen LogP contribution in [0.3, 0.4) is 0 Å². The van der Waals surface area contributed by atoms with Crippen LogP contribution in [0, 0.1) is 5.82 Å². The Balaban J connectivity index is 1.38. The van der Waals surface area contributed by atoms with E-state index in [2.05, 4.69) is 15.3 Å². The first-order chi connectivity index (χ1) is 13.2. The van der Waals surface area contributed by atoms with Crippen LogP contribution in [-0.2, 0) is 11.2 Å². The molecule has 0 aliphatic heterocycles. The maximum absolute atomic E-state index is 13.8. The number of para-hydroxylation sites is 1. The summed E-state index contributed by atoms with van der Waals surface area (Å²) in [6.07, 6.45) is 3.62. The molecule has 27 heavy (non-hydrogen) atoms. The second-order valence-electron chi connectivity index (χ2n) is 6.06. The molecule has 0 atom stereocenters.